The molecule has 1 N–H and O–H groups in total. The van der Waals surface area contributed by atoms with Crippen LogP contribution < -0.4 is 5.32 Å². The maximum atomic E-state index is 6.26. The van der Waals surface area contributed by atoms with Crippen molar-refractivity contribution in [3.63, 3.8) is 0 Å². The van der Waals surface area contributed by atoms with Crippen LogP contribution in [0.2, 0.25) is 0 Å². The molecule has 0 aromatic carbocycles. The van der Waals surface area contributed by atoms with Crippen LogP contribution in [0.4, 0.5) is 5.82 Å². The van der Waals surface area contributed by atoms with E-state index in [0.717, 1.165) is 42.5 Å². The number of nitrogens with one attached hydrogen (secondary N) is 1. The lowest BCUT2D eigenvalue weighted by molar-refractivity contribution is 0.279. The molecule has 0 radical (unpaired) electrons. The van der Waals surface area contributed by atoms with Gasteiger partial charge in [0.25, 0.3) is 0 Å². The number of hydrogen-bond donors (Lipinski definition) is 1. The highest BCUT2D eigenvalue weighted by atomic mass is 35.5. The van der Waals surface area contributed by atoms with Gasteiger partial charge in [-0.2, -0.15) is 0 Å². The van der Waals surface area contributed by atoms with Crippen LogP contribution >= 0.6 is 11.6 Å². The SMILES string of the molecule is CCc1nc(C)cc(NC2(CCl)CCCC(C)C2)n1. The highest BCUT2D eigenvalue weighted by Gasteiger charge is 2.34. The van der Waals surface area contributed by atoms with Crippen LogP contribution in [0.15, 0.2) is 6.07 Å². The van der Waals surface area contributed by atoms with Crippen LogP contribution in [-0.2, 0) is 6.42 Å². The zero-order valence-electron chi connectivity index (χ0n) is 12.2. The third-order valence-electron chi connectivity index (χ3n) is 3.96. The van der Waals surface area contributed by atoms with Crippen LogP contribution in [0.25, 0.3) is 0 Å². The molecule has 3 nitrogen and oxygen atoms in total. The molecule has 0 amide bonds. The fourth-order valence-corrected chi connectivity index (χ4v) is 3.36. The van der Waals surface area contributed by atoms with Gasteiger partial charge in [0.1, 0.15) is 11.6 Å². The maximum absolute atomic E-state index is 6.26. The Bertz CT molecular complexity index is 435. The third-order valence-corrected chi connectivity index (χ3v) is 4.47. The van der Waals surface area contributed by atoms with Crippen molar-refractivity contribution >= 4 is 17.4 Å². The second-order valence-electron chi connectivity index (χ2n) is 5.90. The first-order valence-electron chi connectivity index (χ1n) is 7.25. The molecule has 1 saturated carbocycles. The lowest BCUT2D eigenvalue weighted by Crippen LogP contribution is -2.44. The summed E-state index contributed by atoms with van der Waals surface area (Å²) in [6, 6.07) is 2.02. The van der Waals surface area contributed by atoms with Gasteiger partial charge in [0.2, 0.25) is 0 Å². The minimum Gasteiger partial charge on any atom is -0.363 e. The lowest BCUT2D eigenvalue weighted by Gasteiger charge is -2.39. The summed E-state index contributed by atoms with van der Waals surface area (Å²) in [7, 11) is 0. The molecule has 106 valence electrons. The molecule has 19 heavy (non-hydrogen) atoms. The second-order valence-corrected chi connectivity index (χ2v) is 6.17. The molecule has 0 spiro atoms. The van der Waals surface area contributed by atoms with Crippen molar-refractivity contribution in [2.24, 2.45) is 5.92 Å². The van der Waals surface area contributed by atoms with Gasteiger partial charge in [-0.3, -0.25) is 0 Å². The Labute approximate surface area is 121 Å². The zero-order valence-corrected chi connectivity index (χ0v) is 12.9. The Hall–Kier alpha value is -0.830. The molecule has 1 aliphatic rings. The predicted molar refractivity (Wildman–Crippen MR) is 80.9 cm³/mol. The number of alkyl halides is 1. The van der Waals surface area contributed by atoms with Gasteiger partial charge in [0.05, 0.1) is 5.54 Å². The van der Waals surface area contributed by atoms with E-state index in [1.54, 1.807) is 0 Å². The van der Waals surface area contributed by atoms with Crippen molar-refractivity contribution in [2.45, 2.75) is 58.4 Å². The molecule has 2 rings (SSSR count). The molecule has 1 aromatic heterocycles. The van der Waals surface area contributed by atoms with Crippen LogP contribution in [0.3, 0.4) is 0 Å². The van der Waals surface area contributed by atoms with Gasteiger partial charge in [0, 0.05) is 24.1 Å². The highest BCUT2D eigenvalue weighted by Crippen LogP contribution is 2.35. The van der Waals surface area contributed by atoms with Crippen molar-refractivity contribution in [1.82, 2.24) is 9.97 Å². The Morgan fingerprint density at radius 1 is 1.47 bits per heavy atom. The minimum atomic E-state index is 0.00499. The van der Waals surface area contributed by atoms with E-state index >= 15 is 0 Å². The van der Waals surface area contributed by atoms with E-state index in [2.05, 4.69) is 29.1 Å². The molecule has 0 saturated heterocycles. The number of anilines is 1. The fraction of sp³-hybridized carbons (Fsp3) is 0.733. The summed E-state index contributed by atoms with van der Waals surface area (Å²) in [5.41, 5.74) is 1.02. The Balaban J connectivity index is 2.20. The number of aryl methyl sites for hydroxylation is 2. The number of aromatic nitrogens is 2. The van der Waals surface area contributed by atoms with Crippen LogP contribution in [0, 0.1) is 12.8 Å². The van der Waals surface area contributed by atoms with Crippen LogP contribution in [0.5, 0.6) is 0 Å². The first kappa shape index (κ1) is 14.6. The van der Waals surface area contributed by atoms with Gasteiger partial charge < -0.3 is 5.32 Å². The number of halogens is 1. The van der Waals surface area contributed by atoms with E-state index < -0.39 is 0 Å². The van der Waals surface area contributed by atoms with Crippen molar-refractivity contribution in [3.8, 4) is 0 Å². The van der Waals surface area contributed by atoms with Crippen LogP contribution in [-0.4, -0.2) is 21.4 Å². The van der Waals surface area contributed by atoms with E-state index in [9.17, 15) is 0 Å². The van der Waals surface area contributed by atoms with Crippen molar-refractivity contribution in [3.05, 3.63) is 17.6 Å². The first-order valence-corrected chi connectivity index (χ1v) is 7.79. The van der Waals surface area contributed by atoms with E-state index in [0.29, 0.717) is 5.88 Å². The van der Waals surface area contributed by atoms with Gasteiger partial charge in [-0.15, -0.1) is 11.6 Å². The normalized spacial score (nSPS) is 27.3. The molecule has 0 bridgehead atoms. The van der Waals surface area contributed by atoms with E-state index in [-0.39, 0.29) is 5.54 Å². The molecule has 2 atom stereocenters. The predicted octanol–water partition coefficient (Wildman–Crippen LogP) is 3.95. The topological polar surface area (TPSA) is 37.8 Å². The molecule has 1 aromatic rings. The summed E-state index contributed by atoms with van der Waals surface area (Å²) in [6.07, 6.45) is 5.67. The van der Waals surface area contributed by atoms with Gasteiger partial charge in [-0.25, -0.2) is 9.97 Å². The molecule has 1 fully saturated rings. The first-order chi connectivity index (χ1) is 9.07. The van der Waals surface area contributed by atoms with Gasteiger partial charge >= 0.3 is 0 Å². The minimum absolute atomic E-state index is 0.00499. The summed E-state index contributed by atoms with van der Waals surface area (Å²) >= 11 is 6.26. The molecular weight excluding hydrogens is 258 g/mol. The molecule has 2 unspecified atom stereocenters. The number of rotatable bonds is 4. The van der Waals surface area contributed by atoms with Crippen molar-refractivity contribution < 1.29 is 0 Å². The Morgan fingerprint density at radius 3 is 2.89 bits per heavy atom. The Morgan fingerprint density at radius 2 is 2.26 bits per heavy atom. The average molecular weight is 282 g/mol. The molecule has 1 aliphatic carbocycles. The van der Waals surface area contributed by atoms with E-state index in [1.807, 2.05) is 13.0 Å². The summed E-state index contributed by atoms with van der Waals surface area (Å²) < 4.78 is 0. The standard InChI is InChI=1S/C15H24ClN3/c1-4-13-17-12(3)8-14(18-13)19-15(10-16)7-5-6-11(2)9-15/h8,11H,4-7,9-10H2,1-3H3,(H,17,18,19). The molecule has 0 aliphatic heterocycles. The van der Waals surface area contributed by atoms with Crippen molar-refractivity contribution in [1.29, 1.82) is 0 Å². The van der Waals surface area contributed by atoms with Gasteiger partial charge in [0.15, 0.2) is 0 Å². The largest absolute Gasteiger partial charge is 0.363 e. The molecule has 4 heteroatoms. The zero-order chi connectivity index (χ0) is 13.9. The summed E-state index contributed by atoms with van der Waals surface area (Å²) in [6.45, 7) is 6.41. The summed E-state index contributed by atoms with van der Waals surface area (Å²) in [5, 5.41) is 3.61. The highest BCUT2D eigenvalue weighted by molar-refractivity contribution is 6.18. The number of nitrogens with zero attached hydrogens (tertiary/aromatic N) is 2. The smallest absolute Gasteiger partial charge is 0.130 e. The molecular formula is C15H24ClN3. The van der Waals surface area contributed by atoms with Crippen LogP contribution in [0.1, 0.15) is 51.0 Å². The lowest BCUT2D eigenvalue weighted by atomic mass is 9.77. The molecule has 1 heterocycles. The van der Waals surface area contributed by atoms with E-state index in [1.165, 1.54) is 12.8 Å². The second kappa shape index (κ2) is 6.08. The number of hydrogen-bond acceptors (Lipinski definition) is 3. The summed E-state index contributed by atoms with van der Waals surface area (Å²) in [5.74, 6) is 3.20. The maximum Gasteiger partial charge on any atom is 0.130 e. The monoisotopic (exact) mass is 281 g/mol. The van der Waals surface area contributed by atoms with Gasteiger partial charge in [-0.05, 0) is 25.7 Å². The fourth-order valence-electron chi connectivity index (χ4n) is 3.05. The van der Waals surface area contributed by atoms with Crippen molar-refractivity contribution in [2.75, 3.05) is 11.2 Å². The third kappa shape index (κ3) is 3.59. The quantitative estimate of drug-likeness (QED) is 0.849. The van der Waals surface area contributed by atoms with Gasteiger partial charge in [-0.1, -0.05) is 26.7 Å². The van der Waals surface area contributed by atoms with E-state index in [4.69, 9.17) is 11.6 Å². The summed E-state index contributed by atoms with van der Waals surface area (Å²) in [4.78, 5) is 9.01. The average Bonchev–Trinajstić information content (AvgIpc) is 2.38. The Kier molecular flexibility index (Phi) is 4.67.